The number of carbonyl (C=O) groups excluding carboxylic acids is 1. The van der Waals surface area contributed by atoms with Gasteiger partial charge in [-0.15, -0.1) is 0 Å². The second-order valence-electron chi connectivity index (χ2n) is 3.16. The minimum atomic E-state index is -0.277. The number of halogens is 1. The standard InChI is InChI=1S/C10H12ClN3O2S/c1-16-5-9(15)13-7-3-2-6(11)4-8(7)14-10(12)17/h2-4H,5H2,1H3,(H,13,15)(H3,12,14,17). The molecule has 0 saturated heterocycles. The summed E-state index contributed by atoms with van der Waals surface area (Å²) in [6.07, 6.45) is 0. The van der Waals surface area contributed by atoms with Crippen LogP contribution >= 0.6 is 23.8 Å². The number of ether oxygens (including phenoxy) is 1. The maximum atomic E-state index is 11.4. The van der Waals surface area contributed by atoms with Gasteiger partial charge in [-0.1, -0.05) is 11.6 Å². The maximum Gasteiger partial charge on any atom is 0.250 e. The Hall–Kier alpha value is -1.37. The molecule has 0 aromatic heterocycles. The van der Waals surface area contributed by atoms with Crippen molar-refractivity contribution in [3.05, 3.63) is 23.2 Å². The van der Waals surface area contributed by atoms with E-state index in [0.717, 1.165) is 0 Å². The third-order valence-corrected chi connectivity index (χ3v) is 2.13. The first-order chi connectivity index (χ1) is 8.02. The first kappa shape index (κ1) is 13.7. The molecular weight excluding hydrogens is 262 g/mol. The summed E-state index contributed by atoms with van der Waals surface area (Å²) in [6.45, 7) is -0.0326. The second kappa shape index (κ2) is 6.39. The molecule has 0 heterocycles. The highest BCUT2D eigenvalue weighted by Gasteiger charge is 2.07. The zero-order chi connectivity index (χ0) is 12.8. The second-order valence-corrected chi connectivity index (χ2v) is 4.04. The molecule has 92 valence electrons. The van der Waals surface area contributed by atoms with E-state index in [-0.39, 0.29) is 17.6 Å². The molecule has 0 unspecified atom stereocenters. The Morgan fingerprint density at radius 2 is 2.18 bits per heavy atom. The van der Waals surface area contributed by atoms with Gasteiger partial charge in [-0.3, -0.25) is 4.79 Å². The van der Waals surface area contributed by atoms with E-state index in [4.69, 9.17) is 34.3 Å². The van der Waals surface area contributed by atoms with Crippen LogP contribution in [0.15, 0.2) is 18.2 Å². The van der Waals surface area contributed by atoms with E-state index in [1.165, 1.54) is 7.11 Å². The number of hydrogen-bond acceptors (Lipinski definition) is 3. The number of amides is 1. The lowest BCUT2D eigenvalue weighted by Gasteiger charge is -2.12. The van der Waals surface area contributed by atoms with Crippen molar-refractivity contribution >= 4 is 46.2 Å². The number of hydrogen-bond donors (Lipinski definition) is 3. The number of benzene rings is 1. The average molecular weight is 274 g/mol. The van der Waals surface area contributed by atoms with Gasteiger partial charge in [-0.05, 0) is 30.4 Å². The van der Waals surface area contributed by atoms with Crippen LogP contribution in [0.2, 0.25) is 5.02 Å². The third kappa shape index (κ3) is 4.56. The molecule has 5 nitrogen and oxygen atoms in total. The van der Waals surface area contributed by atoms with Crippen LogP contribution in [-0.4, -0.2) is 24.7 Å². The van der Waals surface area contributed by atoms with Gasteiger partial charge in [0.05, 0.1) is 11.4 Å². The summed E-state index contributed by atoms with van der Waals surface area (Å²) in [5.74, 6) is -0.277. The van der Waals surface area contributed by atoms with Gasteiger partial charge in [0.1, 0.15) is 6.61 Å². The molecule has 0 atom stereocenters. The SMILES string of the molecule is COCC(=O)Nc1ccc(Cl)cc1NC(N)=S. The quantitative estimate of drug-likeness (QED) is 0.726. The molecule has 1 aromatic rings. The number of anilines is 2. The molecule has 0 bridgehead atoms. The van der Waals surface area contributed by atoms with Gasteiger partial charge < -0.3 is 21.1 Å². The Kier molecular flexibility index (Phi) is 5.14. The van der Waals surface area contributed by atoms with E-state index in [1.54, 1.807) is 18.2 Å². The molecule has 4 N–H and O–H groups in total. The number of methoxy groups -OCH3 is 1. The molecule has 1 amide bonds. The van der Waals surface area contributed by atoms with Crippen LogP contribution in [-0.2, 0) is 9.53 Å². The van der Waals surface area contributed by atoms with Crippen LogP contribution < -0.4 is 16.4 Å². The summed E-state index contributed by atoms with van der Waals surface area (Å²) in [4.78, 5) is 11.4. The minimum Gasteiger partial charge on any atom is -0.376 e. The molecule has 0 fully saturated rings. The van der Waals surface area contributed by atoms with Crippen molar-refractivity contribution in [1.29, 1.82) is 0 Å². The molecule has 0 spiro atoms. The number of rotatable bonds is 4. The van der Waals surface area contributed by atoms with Gasteiger partial charge in [-0.2, -0.15) is 0 Å². The average Bonchev–Trinajstić information content (AvgIpc) is 2.21. The molecule has 0 aliphatic carbocycles. The van der Waals surface area contributed by atoms with Crippen LogP contribution in [0.1, 0.15) is 0 Å². The van der Waals surface area contributed by atoms with E-state index in [0.29, 0.717) is 16.4 Å². The summed E-state index contributed by atoms with van der Waals surface area (Å²) >= 11 is 10.6. The molecule has 0 radical (unpaired) electrons. The van der Waals surface area contributed by atoms with Crippen molar-refractivity contribution < 1.29 is 9.53 Å². The highest BCUT2D eigenvalue weighted by atomic mass is 35.5. The van der Waals surface area contributed by atoms with E-state index in [2.05, 4.69) is 10.6 Å². The summed E-state index contributed by atoms with van der Waals surface area (Å²) in [5.41, 5.74) is 6.44. The van der Waals surface area contributed by atoms with Crippen LogP contribution in [0, 0.1) is 0 Å². The van der Waals surface area contributed by atoms with Crippen LogP contribution in [0.5, 0.6) is 0 Å². The Labute approximate surface area is 109 Å². The topological polar surface area (TPSA) is 76.4 Å². The fourth-order valence-electron chi connectivity index (χ4n) is 1.18. The molecule has 1 aromatic carbocycles. The van der Waals surface area contributed by atoms with E-state index >= 15 is 0 Å². The monoisotopic (exact) mass is 273 g/mol. The highest BCUT2D eigenvalue weighted by Crippen LogP contribution is 2.25. The van der Waals surface area contributed by atoms with Gasteiger partial charge >= 0.3 is 0 Å². The zero-order valence-electron chi connectivity index (χ0n) is 9.12. The molecule has 1 rings (SSSR count). The third-order valence-electron chi connectivity index (χ3n) is 1.79. The zero-order valence-corrected chi connectivity index (χ0v) is 10.7. The first-order valence-corrected chi connectivity index (χ1v) is 5.46. The van der Waals surface area contributed by atoms with Crippen molar-refractivity contribution in [3.8, 4) is 0 Å². The molecule has 0 aliphatic rings. The number of nitrogens with two attached hydrogens (primary N) is 1. The molecule has 0 aliphatic heterocycles. The summed E-state index contributed by atoms with van der Waals surface area (Å²) in [7, 11) is 1.44. The predicted molar refractivity (Wildman–Crippen MR) is 72.4 cm³/mol. The maximum absolute atomic E-state index is 11.4. The number of carbonyl (C=O) groups is 1. The normalized spacial score (nSPS) is 9.76. The lowest BCUT2D eigenvalue weighted by atomic mass is 10.2. The van der Waals surface area contributed by atoms with Crippen molar-refractivity contribution in [2.45, 2.75) is 0 Å². The van der Waals surface area contributed by atoms with Crippen molar-refractivity contribution in [2.24, 2.45) is 5.73 Å². The van der Waals surface area contributed by atoms with Crippen LogP contribution in [0.25, 0.3) is 0 Å². The molecule has 7 heteroatoms. The smallest absolute Gasteiger partial charge is 0.250 e. The molecule has 0 saturated carbocycles. The Bertz CT molecular complexity index is 440. The van der Waals surface area contributed by atoms with Gasteiger partial charge in [0.25, 0.3) is 0 Å². The van der Waals surface area contributed by atoms with Gasteiger partial charge in [0.15, 0.2) is 5.11 Å². The predicted octanol–water partition coefficient (Wildman–Crippen LogP) is 1.58. The van der Waals surface area contributed by atoms with E-state index in [1.807, 2.05) is 0 Å². The highest BCUT2D eigenvalue weighted by molar-refractivity contribution is 7.80. The first-order valence-electron chi connectivity index (χ1n) is 4.67. The lowest BCUT2D eigenvalue weighted by Crippen LogP contribution is -2.22. The van der Waals surface area contributed by atoms with Crippen LogP contribution in [0.3, 0.4) is 0 Å². The Morgan fingerprint density at radius 1 is 1.47 bits per heavy atom. The fourth-order valence-corrected chi connectivity index (χ4v) is 1.46. The van der Waals surface area contributed by atoms with Crippen molar-refractivity contribution in [1.82, 2.24) is 0 Å². The van der Waals surface area contributed by atoms with Crippen molar-refractivity contribution in [3.63, 3.8) is 0 Å². The van der Waals surface area contributed by atoms with Gasteiger partial charge in [0, 0.05) is 12.1 Å². The largest absolute Gasteiger partial charge is 0.376 e. The van der Waals surface area contributed by atoms with E-state index in [9.17, 15) is 4.79 Å². The minimum absolute atomic E-state index is 0.0326. The van der Waals surface area contributed by atoms with Crippen LogP contribution in [0.4, 0.5) is 11.4 Å². The Balaban J connectivity index is 2.89. The van der Waals surface area contributed by atoms with E-state index < -0.39 is 0 Å². The summed E-state index contributed by atoms with van der Waals surface area (Å²) < 4.78 is 4.71. The molecule has 17 heavy (non-hydrogen) atoms. The van der Waals surface area contributed by atoms with Gasteiger partial charge in [-0.25, -0.2) is 0 Å². The number of nitrogens with one attached hydrogen (secondary N) is 2. The van der Waals surface area contributed by atoms with Gasteiger partial charge in [0.2, 0.25) is 5.91 Å². The molecular formula is C10H12ClN3O2S. The summed E-state index contributed by atoms with van der Waals surface area (Å²) in [5, 5.41) is 5.97. The summed E-state index contributed by atoms with van der Waals surface area (Å²) in [6, 6.07) is 4.91. The van der Waals surface area contributed by atoms with Crippen molar-refractivity contribution in [2.75, 3.05) is 24.4 Å². The number of thiocarbonyl (C=S) groups is 1. The Morgan fingerprint density at radius 3 is 2.76 bits per heavy atom. The lowest BCUT2D eigenvalue weighted by molar-refractivity contribution is -0.119. The fraction of sp³-hybridized carbons (Fsp3) is 0.200.